The summed E-state index contributed by atoms with van der Waals surface area (Å²) < 4.78 is 6.14. The fourth-order valence-corrected chi connectivity index (χ4v) is 2.75. The van der Waals surface area contributed by atoms with Crippen LogP contribution >= 0.6 is 0 Å². The zero-order valence-electron chi connectivity index (χ0n) is 12.3. The van der Waals surface area contributed by atoms with E-state index in [1.807, 2.05) is 36.4 Å². The molecule has 0 spiro atoms. The Balaban J connectivity index is 2.68. The molecule has 0 aromatic heterocycles. The van der Waals surface area contributed by atoms with Crippen molar-refractivity contribution in [2.75, 3.05) is 0 Å². The number of unbranched alkanes of at least 4 members (excludes halogenated alkanes) is 1. The Hall–Kier alpha value is -1.30. The second-order valence-corrected chi connectivity index (χ2v) is 10.0. The molecule has 1 unspecified atom stereocenters. The van der Waals surface area contributed by atoms with Crippen LogP contribution in [0.3, 0.4) is 0 Å². The van der Waals surface area contributed by atoms with Crippen molar-refractivity contribution >= 4 is 8.32 Å². The quantitative estimate of drug-likeness (QED) is 0.318. The van der Waals surface area contributed by atoms with Crippen molar-refractivity contribution in [3.05, 3.63) is 48.6 Å². The van der Waals surface area contributed by atoms with E-state index in [-0.39, 0.29) is 6.10 Å². The Morgan fingerprint density at radius 1 is 1.26 bits per heavy atom. The topological polar surface area (TPSA) is 9.23 Å². The van der Waals surface area contributed by atoms with Crippen LogP contribution in [0.1, 0.15) is 24.8 Å². The van der Waals surface area contributed by atoms with Gasteiger partial charge in [-0.3, -0.25) is 0 Å². The number of hydrogen-bond donors (Lipinski definition) is 0. The zero-order chi connectivity index (χ0) is 14.1. The molecule has 1 atom stereocenters. The van der Waals surface area contributed by atoms with Gasteiger partial charge in [0.25, 0.3) is 0 Å². The first-order valence-corrected chi connectivity index (χ1v) is 10.3. The van der Waals surface area contributed by atoms with Gasteiger partial charge in [-0.05, 0) is 51.0 Å². The molecule has 102 valence electrons. The van der Waals surface area contributed by atoms with E-state index in [0.717, 1.165) is 24.8 Å². The maximum absolute atomic E-state index is 6.14. The number of rotatable bonds is 6. The third-order valence-corrected chi connectivity index (χ3v) is 3.51. The van der Waals surface area contributed by atoms with E-state index >= 15 is 0 Å². The first kappa shape index (κ1) is 15.8. The molecule has 1 aromatic rings. The highest BCUT2D eigenvalue weighted by atomic mass is 28.4. The molecule has 0 radical (unpaired) electrons. The lowest BCUT2D eigenvalue weighted by Gasteiger charge is -2.22. The van der Waals surface area contributed by atoms with Crippen LogP contribution in [-0.4, -0.2) is 14.4 Å². The van der Waals surface area contributed by atoms with Crippen LogP contribution in [-0.2, 0) is 4.43 Å². The molecule has 19 heavy (non-hydrogen) atoms. The van der Waals surface area contributed by atoms with E-state index in [4.69, 9.17) is 4.43 Å². The third-order valence-electron chi connectivity index (χ3n) is 2.52. The Morgan fingerprint density at radius 3 is 2.53 bits per heavy atom. The first-order valence-electron chi connectivity index (χ1n) is 6.86. The van der Waals surface area contributed by atoms with Crippen LogP contribution in [0.15, 0.2) is 43.0 Å². The second kappa shape index (κ2) is 7.99. The molecule has 2 heteroatoms. The largest absolute Gasteiger partial charge is 0.404 e. The Morgan fingerprint density at radius 2 is 1.95 bits per heavy atom. The van der Waals surface area contributed by atoms with E-state index in [0.29, 0.717) is 0 Å². The summed E-state index contributed by atoms with van der Waals surface area (Å²) in [5, 5.41) is 0. The molecule has 0 aliphatic carbocycles. The molecule has 1 nitrogen and oxygen atoms in total. The van der Waals surface area contributed by atoms with Gasteiger partial charge in [0.2, 0.25) is 0 Å². The maximum atomic E-state index is 6.14. The van der Waals surface area contributed by atoms with E-state index < -0.39 is 8.32 Å². The van der Waals surface area contributed by atoms with Crippen LogP contribution in [0.5, 0.6) is 0 Å². The van der Waals surface area contributed by atoms with Crippen LogP contribution in [0.25, 0.3) is 0 Å². The van der Waals surface area contributed by atoms with Gasteiger partial charge >= 0.3 is 0 Å². The van der Waals surface area contributed by atoms with Gasteiger partial charge in [-0.25, -0.2) is 0 Å². The third kappa shape index (κ3) is 7.66. The molecular formula is C17H24OSi. The highest BCUT2D eigenvalue weighted by Gasteiger charge is 2.19. The number of benzene rings is 1. The summed E-state index contributed by atoms with van der Waals surface area (Å²) in [6.07, 6.45) is 5.10. The molecule has 1 rings (SSSR count). The van der Waals surface area contributed by atoms with Gasteiger partial charge in [-0.2, -0.15) is 0 Å². The smallest absolute Gasteiger partial charge is 0.185 e. The molecule has 0 bridgehead atoms. The minimum Gasteiger partial charge on any atom is -0.404 e. The summed E-state index contributed by atoms with van der Waals surface area (Å²) in [6.45, 7) is 10.4. The van der Waals surface area contributed by atoms with Crippen LogP contribution in [0.2, 0.25) is 19.6 Å². The molecule has 0 N–H and O–H groups in total. The average Bonchev–Trinajstić information content (AvgIpc) is 2.36. The van der Waals surface area contributed by atoms with Crippen molar-refractivity contribution in [3.8, 4) is 11.8 Å². The lowest BCUT2D eigenvalue weighted by Crippen LogP contribution is -2.31. The Labute approximate surface area is 118 Å². The van der Waals surface area contributed by atoms with E-state index in [1.54, 1.807) is 0 Å². The molecule has 1 aromatic carbocycles. The first-order chi connectivity index (χ1) is 9.01. The van der Waals surface area contributed by atoms with Gasteiger partial charge in [-0.1, -0.05) is 36.1 Å². The van der Waals surface area contributed by atoms with Gasteiger partial charge in [-0.15, -0.1) is 6.58 Å². The standard InChI is InChI=1S/C17H24OSi/c1-5-6-8-13-17(18-19(2,3)4)15-14-16-11-9-7-10-12-16/h5,7,9-12,17H,1,6,8,13H2,2-4H3. The molecule has 0 amide bonds. The van der Waals surface area contributed by atoms with Gasteiger partial charge in [0.15, 0.2) is 8.32 Å². The van der Waals surface area contributed by atoms with Crippen molar-refractivity contribution in [3.63, 3.8) is 0 Å². The van der Waals surface area contributed by atoms with Crippen LogP contribution < -0.4 is 0 Å². The Kier molecular flexibility index (Phi) is 6.62. The fourth-order valence-electron chi connectivity index (χ4n) is 1.72. The molecular weight excluding hydrogens is 248 g/mol. The summed E-state index contributed by atoms with van der Waals surface area (Å²) in [7, 11) is -1.55. The Bertz CT molecular complexity index is 434. The molecule has 0 aliphatic heterocycles. The summed E-state index contributed by atoms with van der Waals surface area (Å²) in [5.41, 5.74) is 1.05. The SMILES string of the molecule is C=CCCCC(C#Cc1ccccc1)O[Si](C)(C)C. The number of allylic oxidation sites excluding steroid dienone is 1. The normalized spacial score (nSPS) is 12.4. The lowest BCUT2D eigenvalue weighted by atomic mass is 10.1. The van der Waals surface area contributed by atoms with Crippen molar-refractivity contribution in [1.29, 1.82) is 0 Å². The molecule has 0 saturated carbocycles. The van der Waals surface area contributed by atoms with Crippen molar-refractivity contribution < 1.29 is 4.43 Å². The van der Waals surface area contributed by atoms with E-state index in [9.17, 15) is 0 Å². The molecule has 0 fully saturated rings. The van der Waals surface area contributed by atoms with Gasteiger partial charge in [0.1, 0.15) is 6.10 Å². The van der Waals surface area contributed by atoms with Crippen molar-refractivity contribution in [1.82, 2.24) is 0 Å². The summed E-state index contributed by atoms with van der Waals surface area (Å²) >= 11 is 0. The maximum Gasteiger partial charge on any atom is 0.185 e. The summed E-state index contributed by atoms with van der Waals surface area (Å²) in [4.78, 5) is 0. The molecule has 0 heterocycles. The monoisotopic (exact) mass is 272 g/mol. The van der Waals surface area contributed by atoms with Crippen molar-refractivity contribution in [2.45, 2.75) is 45.0 Å². The predicted octanol–water partition coefficient (Wildman–Crippen LogP) is 4.61. The molecule has 0 saturated heterocycles. The van der Waals surface area contributed by atoms with Crippen LogP contribution in [0.4, 0.5) is 0 Å². The van der Waals surface area contributed by atoms with E-state index in [1.165, 1.54) is 0 Å². The van der Waals surface area contributed by atoms with Gasteiger partial charge in [0, 0.05) is 5.56 Å². The predicted molar refractivity (Wildman–Crippen MR) is 85.6 cm³/mol. The van der Waals surface area contributed by atoms with Crippen LogP contribution in [0, 0.1) is 11.8 Å². The minimum absolute atomic E-state index is 0.0480. The highest BCUT2D eigenvalue weighted by Crippen LogP contribution is 2.12. The average molecular weight is 272 g/mol. The van der Waals surface area contributed by atoms with Gasteiger partial charge < -0.3 is 4.43 Å². The lowest BCUT2D eigenvalue weighted by molar-refractivity contribution is 0.237. The molecule has 0 aliphatic rings. The zero-order valence-corrected chi connectivity index (χ0v) is 13.3. The van der Waals surface area contributed by atoms with Gasteiger partial charge in [0.05, 0.1) is 0 Å². The van der Waals surface area contributed by atoms with E-state index in [2.05, 4.69) is 38.1 Å². The highest BCUT2D eigenvalue weighted by molar-refractivity contribution is 6.69. The summed E-state index contributed by atoms with van der Waals surface area (Å²) in [6, 6.07) is 10.1. The minimum atomic E-state index is -1.55. The second-order valence-electron chi connectivity index (χ2n) is 5.57. The van der Waals surface area contributed by atoms with Crippen molar-refractivity contribution in [2.24, 2.45) is 0 Å². The summed E-state index contributed by atoms with van der Waals surface area (Å²) in [5.74, 6) is 6.50. The number of hydrogen-bond acceptors (Lipinski definition) is 1. The fraction of sp³-hybridized carbons (Fsp3) is 0.412.